The SMILES string of the molecule is CCCC(N)[C@@]1(c2ccc(F)cc2)OCc2cc(C#N)ccc21. The fourth-order valence-electron chi connectivity index (χ4n) is 3.39. The standard InChI is InChI=1S/C19H19FN2O/c1-2-3-18(22)19(15-5-7-16(20)8-6-15)17-9-4-13(11-21)10-14(17)12-23-19/h4-10,18H,2-3,12,22H2,1H3/t18?,19-/m0/s1. The van der Waals surface area contributed by atoms with Gasteiger partial charge in [0, 0.05) is 6.04 Å². The molecule has 2 N–H and O–H groups in total. The van der Waals surface area contributed by atoms with Gasteiger partial charge in [-0.25, -0.2) is 4.39 Å². The Bertz CT molecular complexity index is 751. The van der Waals surface area contributed by atoms with Crippen LogP contribution in [0.3, 0.4) is 0 Å². The molecule has 3 rings (SSSR count). The molecule has 1 aliphatic heterocycles. The van der Waals surface area contributed by atoms with Gasteiger partial charge in [0.15, 0.2) is 0 Å². The maximum Gasteiger partial charge on any atom is 0.134 e. The van der Waals surface area contributed by atoms with Crippen LogP contribution in [0.4, 0.5) is 4.39 Å². The number of ether oxygens (including phenoxy) is 1. The van der Waals surface area contributed by atoms with E-state index in [1.807, 2.05) is 12.1 Å². The highest BCUT2D eigenvalue weighted by atomic mass is 19.1. The second kappa shape index (κ2) is 6.11. The summed E-state index contributed by atoms with van der Waals surface area (Å²) in [4.78, 5) is 0. The van der Waals surface area contributed by atoms with Crippen LogP contribution in [-0.4, -0.2) is 6.04 Å². The number of nitrogens with zero attached hydrogens (tertiary/aromatic N) is 1. The lowest BCUT2D eigenvalue weighted by molar-refractivity contribution is -0.0265. The Morgan fingerprint density at radius 3 is 2.70 bits per heavy atom. The van der Waals surface area contributed by atoms with Crippen LogP contribution >= 0.6 is 0 Å². The molecule has 0 fully saturated rings. The molecule has 0 spiro atoms. The number of hydrogen-bond donors (Lipinski definition) is 1. The van der Waals surface area contributed by atoms with Gasteiger partial charge in [0.1, 0.15) is 11.4 Å². The third-order valence-corrected chi connectivity index (χ3v) is 4.48. The minimum absolute atomic E-state index is 0.243. The molecule has 0 aliphatic carbocycles. The lowest BCUT2D eigenvalue weighted by atomic mass is 9.78. The topological polar surface area (TPSA) is 59.0 Å². The summed E-state index contributed by atoms with van der Waals surface area (Å²) in [5.41, 5.74) is 9.11. The summed E-state index contributed by atoms with van der Waals surface area (Å²) in [6.07, 6.45) is 1.72. The molecular weight excluding hydrogens is 291 g/mol. The van der Waals surface area contributed by atoms with Crippen LogP contribution in [0.5, 0.6) is 0 Å². The average molecular weight is 310 g/mol. The smallest absolute Gasteiger partial charge is 0.134 e. The molecule has 0 amide bonds. The Hall–Kier alpha value is -2.22. The zero-order valence-corrected chi connectivity index (χ0v) is 13.1. The van der Waals surface area contributed by atoms with E-state index in [0.717, 1.165) is 29.5 Å². The van der Waals surface area contributed by atoms with Crippen LogP contribution in [-0.2, 0) is 16.9 Å². The van der Waals surface area contributed by atoms with Crippen LogP contribution in [0.1, 0.15) is 42.0 Å². The highest BCUT2D eigenvalue weighted by Crippen LogP contribution is 2.45. The first-order valence-electron chi connectivity index (χ1n) is 7.81. The van der Waals surface area contributed by atoms with Gasteiger partial charge < -0.3 is 10.5 Å². The summed E-state index contributed by atoms with van der Waals surface area (Å²) in [5, 5.41) is 9.08. The lowest BCUT2D eigenvalue weighted by Crippen LogP contribution is -2.46. The van der Waals surface area contributed by atoms with Crippen molar-refractivity contribution in [2.24, 2.45) is 5.73 Å². The molecule has 1 heterocycles. The Morgan fingerprint density at radius 2 is 2.04 bits per heavy atom. The Balaban J connectivity index is 2.17. The molecule has 3 nitrogen and oxygen atoms in total. The number of rotatable bonds is 4. The Labute approximate surface area is 135 Å². The summed E-state index contributed by atoms with van der Waals surface area (Å²) in [6, 6.07) is 13.8. The molecule has 1 unspecified atom stereocenters. The van der Waals surface area contributed by atoms with Crippen LogP contribution in [0.15, 0.2) is 42.5 Å². The van der Waals surface area contributed by atoms with Gasteiger partial charge in [0.25, 0.3) is 0 Å². The molecule has 0 radical (unpaired) electrons. The number of nitriles is 1. The molecule has 0 bridgehead atoms. The molecule has 23 heavy (non-hydrogen) atoms. The van der Waals surface area contributed by atoms with Gasteiger partial charge in [-0.1, -0.05) is 31.5 Å². The van der Waals surface area contributed by atoms with E-state index in [1.54, 1.807) is 18.2 Å². The van der Waals surface area contributed by atoms with Crippen molar-refractivity contribution in [1.29, 1.82) is 5.26 Å². The van der Waals surface area contributed by atoms with Crippen molar-refractivity contribution in [3.8, 4) is 6.07 Å². The minimum atomic E-state index is -0.785. The number of nitrogens with two attached hydrogens (primary N) is 1. The quantitative estimate of drug-likeness (QED) is 0.938. The summed E-state index contributed by atoms with van der Waals surface area (Å²) in [5.74, 6) is -0.286. The van der Waals surface area contributed by atoms with Crippen molar-refractivity contribution in [2.75, 3.05) is 0 Å². The number of fused-ring (bicyclic) bond motifs is 1. The van der Waals surface area contributed by atoms with Gasteiger partial charge >= 0.3 is 0 Å². The zero-order valence-electron chi connectivity index (χ0n) is 13.1. The predicted octanol–water partition coefficient (Wildman–Crippen LogP) is 3.60. The van der Waals surface area contributed by atoms with Crippen molar-refractivity contribution in [3.63, 3.8) is 0 Å². The second-order valence-corrected chi connectivity index (χ2v) is 5.91. The Kier molecular flexibility index (Phi) is 4.16. The Morgan fingerprint density at radius 1 is 1.30 bits per heavy atom. The van der Waals surface area contributed by atoms with Gasteiger partial charge in [-0.2, -0.15) is 5.26 Å². The van der Waals surface area contributed by atoms with Crippen molar-refractivity contribution < 1.29 is 9.13 Å². The fraction of sp³-hybridized carbons (Fsp3) is 0.316. The first-order chi connectivity index (χ1) is 11.1. The molecule has 118 valence electrons. The molecule has 0 saturated carbocycles. The van der Waals surface area contributed by atoms with E-state index >= 15 is 0 Å². The maximum absolute atomic E-state index is 13.3. The van der Waals surface area contributed by atoms with Crippen molar-refractivity contribution in [3.05, 3.63) is 70.5 Å². The first-order valence-corrected chi connectivity index (χ1v) is 7.81. The molecule has 4 heteroatoms. The molecule has 1 aliphatic rings. The van der Waals surface area contributed by atoms with E-state index in [9.17, 15) is 4.39 Å². The van der Waals surface area contributed by atoms with E-state index in [0.29, 0.717) is 12.2 Å². The largest absolute Gasteiger partial charge is 0.359 e. The molecule has 0 aromatic heterocycles. The fourth-order valence-corrected chi connectivity index (χ4v) is 3.39. The third kappa shape index (κ3) is 2.52. The van der Waals surface area contributed by atoms with Crippen LogP contribution in [0.25, 0.3) is 0 Å². The number of benzene rings is 2. The zero-order chi connectivity index (χ0) is 16.4. The highest BCUT2D eigenvalue weighted by Gasteiger charge is 2.46. The summed E-state index contributed by atoms with van der Waals surface area (Å²) in [6.45, 7) is 2.48. The summed E-state index contributed by atoms with van der Waals surface area (Å²) in [7, 11) is 0. The predicted molar refractivity (Wildman–Crippen MR) is 86.0 cm³/mol. The monoisotopic (exact) mass is 310 g/mol. The lowest BCUT2D eigenvalue weighted by Gasteiger charge is -2.36. The van der Waals surface area contributed by atoms with Gasteiger partial charge in [-0.15, -0.1) is 0 Å². The van der Waals surface area contributed by atoms with Crippen LogP contribution in [0, 0.1) is 17.1 Å². The molecule has 2 aromatic rings. The van der Waals surface area contributed by atoms with Gasteiger partial charge in [-0.05, 0) is 47.4 Å². The molecule has 2 aromatic carbocycles. The normalized spacial score (nSPS) is 20.8. The molecular formula is C19H19FN2O. The van der Waals surface area contributed by atoms with E-state index < -0.39 is 5.60 Å². The number of hydrogen-bond acceptors (Lipinski definition) is 3. The van der Waals surface area contributed by atoms with E-state index in [-0.39, 0.29) is 11.9 Å². The van der Waals surface area contributed by atoms with Crippen LogP contribution in [0.2, 0.25) is 0 Å². The second-order valence-electron chi connectivity index (χ2n) is 5.91. The minimum Gasteiger partial charge on any atom is -0.359 e. The van der Waals surface area contributed by atoms with Crippen molar-refractivity contribution >= 4 is 0 Å². The van der Waals surface area contributed by atoms with Crippen molar-refractivity contribution in [2.45, 2.75) is 38.0 Å². The summed E-state index contributed by atoms with van der Waals surface area (Å²) >= 11 is 0. The third-order valence-electron chi connectivity index (χ3n) is 4.48. The van der Waals surface area contributed by atoms with Gasteiger partial charge in [0.05, 0.1) is 18.2 Å². The maximum atomic E-state index is 13.3. The van der Waals surface area contributed by atoms with Gasteiger partial charge in [0.2, 0.25) is 0 Å². The molecule has 0 saturated heterocycles. The van der Waals surface area contributed by atoms with Crippen LogP contribution < -0.4 is 5.73 Å². The number of halogens is 1. The first kappa shape index (κ1) is 15.7. The molecule has 2 atom stereocenters. The van der Waals surface area contributed by atoms with E-state index in [2.05, 4.69) is 13.0 Å². The average Bonchev–Trinajstić information content (AvgIpc) is 2.95. The summed E-state index contributed by atoms with van der Waals surface area (Å²) < 4.78 is 19.5. The highest BCUT2D eigenvalue weighted by molar-refractivity contribution is 5.49. The van der Waals surface area contributed by atoms with E-state index in [1.165, 1.54) is 12.1 Å². The van der Waals surface area contributed by atoms with Crippen molar-refractivity contribution in [1.82, 2.24) is 0 Å². The van der Waals surface area contributed by atoms with Gasteiger partial charge in [-0.3, -0.25) is 0 Å². The van der Waals surface area contributed by atoms with E-state index in [4.69, 9.17) is 15.7 Å².